The van der Waals surface area contributed by atoms with E-state index < -0.39 is 0 Å². The summed E-state index contributed by atoms with van der Waals surface area (Å²) in [5.41, 5.74) is 7.34. The van der Waals surface area contributed by atoms with E-state index >= 15 is 0 Å². The van der Waals surface area contributed by atoms with Crippen molar-refractivity contribution in [3.8, 4) is 0 Å². The van der Waals surface area contributed by atoms with Crippen LogP contribution in [0.2, 0.25) is 0 Å². The predicted molar refractivity (Wildman–Crippen MR) is 49.3 cm³/mol. The molecule has 0 unspecified atom stereocenters. The molecule has 1 nitrogen and oxygen atoms in total. The summed E-state index contributed by atoms with van der Waals surface area (Å²) >= 11 is 0. The maximum Gasteiger partial charge on any atom is 0.00116 e. The first-order valence-electron chi connectivity index (χ1n) is 4.28. The van der Waals surface area contributed by atoms with Gasteiger partial charge >= 0.3 is 0 Å². The molecule has 0 aromatic carbocycles. The summed E-state index contributed by atoms with van der Waals surface area (Å²) in [6, 6.07) is 0. The topological polar surface area (TPSA) is 26.0 Å². The fraction of sp³-hybridized carbons (Fsp3) is 0.600. The minimum absolute atomic E-state index is 0.222. The van der Waals surface area contributed by atoms with Crippen LogP contribution < -0.4 is 5.73 Å². The van der Waals surface area contributed by atoms with Gasteiger partial charge in [-0.15, -0.1) is 0 Å². The van der Waals surface area contributed by atoms with Crippen molar-refractivity contribution in [1.82, 2.24) is 0 Å². The van der Waals surface area contributed by atoms with Crippen molar-refractivity contribution in [2.45, 2.75) is 26.7 Å². The van der Waals surface area contributed by atoms with Gasteiger partial charge in [0, 0.05) is 6.54 Å². The van der Waals surface area contributed by atoms with Gasteiger partial charge in [0.25, 0.3) is 0 Å². The molecule has 0 aromatic rings. The normalized spacial score (nSPS) is 24.8. The number of nitrogens with two attached hydrogens (primary N) is 1. The number of hydrogen-bond acceptors (Lipinski definition) is 1. The first-order valence-corrected chi connectivity index (χ1v) is 4.28. The van der Waals surface area contributed by atoms with E-state index in [1.165, 1.54) is 5.57 Å². The highest BCUT2D eigenvalue weighted by atomic mass is 14.6. The molecule has 0 radical (unpaired) electrons. The Labute approximate surface area is 69.0 Å². The molecule has 1 atom stereocenters. The van der Waals surface area contributed by atoms with Gasteiger partial charge in [0.2, 0.25) is 0 Å². The van der Waals surface area contributed by atoms with Crippen LogP contribution in [-0.2, 0) is 0 Å². The SMILES string of the molecule is CC[C@@](C)(/C=C1\C=CC1)CN. The highest BCUT2D eigenvalue weighted by Crippen LogP contribution is 2.27. The van der Waals surface area contributed by atoms with Crippen LogP contribution in [0.5, 0.6) is 0 Å². The van der Waals surface area contributed by atoms with Crippen LogP contribution in [-0.4, -0.2) is 6.54 Å². The van der Waals surface area contributed by atoms with E-state index in [9.17, 15) is 0 Å². The molecule has 62 valence electrons. The summed E-state index contributed by atoms with van der Waals surface area (Å²) in [4.78, 5) is 0. The van der Waals surface area contributed by atoms with Crippen LogP contribution in [0, 0.1) is 5.41 Å². The molecule has 0 aromatic heterocycles. The van der Waals surface area contributed by atoms with E-state index in [4.69, 9.17) is 5.73 Å². The van der Waals surface area contributed by atoms with E-state index in [0.29, 0.717) is 0 Å². The van der Waals surface area contributed by atoms with Crippen LogP contribution in [0.4, 0.5) is 0 Å². The lowest BCUT2D eigenvalue weighted by molar-refractivity contribution is 0.421. The molecule has 0 aliphatic heterocycles. The number of rotatable bonds is 3. The summed E-state index contributed by atoms with van der Waals surface area (Å²) < 4.78 is 0. The lowest BCUT2D eigenvalue weighted by atomic mass is 9.83. The smallest absolute Gasteiger partial charge is 0.00116 e. The molecule has 1 heteroatoms. The zero-order valence-electron chi connectivity index (χ0n) is 7.43. The fourth-order valence-electron chi connectivity index (χ4n) is 1.11. The quantitative estimate of drug-likeness (QED) is 0.657. The van der Waals surface area contributed by atoms with Crippen molar-refractivity contribution in [2.75, 3.05) is 6.54 Å². The second-order valence-corrected chi connectivity index (χ2v) is 3.54. The van der Waals surface area contributed by atoms with Crippen LogP contribution in [0.3, 0.4) is 0 Å². The molecule has 11 heavy (non-hydrogen) atoms. The van der Waals surface area contributed by atoms with Gasteiger partial charge < -0.3 is 5.73 Å². The van der Waals surface area contributed by atoms with E-state index in [1.807, 2.05) is 0 Å². The Bertz CT molecular complexity index is 185. The predicted octanol–water partition coefficient (Wildman–Crippen LogP) is 2.25. The Morgan fingerprint density at radius 2 is 2.36 bits per heavy atom. The molecule has 0 spiro atoms. The molecular weight excluding hydrogens is 134 g/mol. The second-order valence-electron chi connectivity index (χ2n) is 3.54. The van der Waals surface area contributed by atoms with Gasteiger partial charge in [0.15, 0.2) is 0 Å². The minimum atomic E-state index is 0.222. The lowest BCUT2D eigenvalue weighted by Gasteiger charge is -2.24. The van der Waals surface area contributed by atoms with E-state index in [-0.39, 0.29) is 5.41 Å². The maximum atomic E-state index is 5.68. The summed E-state index contributed by atoms with van der Waals surface area (Å²) in [5.74, 6) is 0. The molecular formula is C10H17N. The first-order chi connectivity index (χ1) is 5.20. The molecule has 1 aliphatic rings. The lowest BCUT2D eigenvalue weighted by Crippen LogP contribution is -2.24. The third-order valence-corrected chi connectivity index (χ3v) is 2.49. The first kappa shape index (κ1) is 8.54. The molecule has 0 bridgehead atoms. The number of hydrogen-bond donors (Lipinski definition) is 1. The average molecular weight is 151 g/mol. The Morgan fingerprint density at radius 1 is 1.73 bits per heavy atom. The Hall–Kier alpha value is -0.560. The highest BCUT2D eigenvalue weighted by molar-refractivity contribution is 5.32. The van der Waals surface area contributed by atoms with Gasteiger partial charge in [-0.1, -0.05) is 32.1 Å². The molecule has 2 N–H and O–H groups in total. The standard InChI is InChI=1S/C10H17N/c1-3-10(2,8-11)7-9-5-4-6-9/h4-5,7H,3,6,8,11H2,1-2H3/b9-7+/t10-/m0/s1. The second kappa shape index (κ2) is 3.22. The molecule has 0 saturated heterocycles. The van der Waals surface area contributed by atoms with Crippen LogP contribution in [0.15, 0.2) is 23.8 Å². The van der Waals surface area contributed by atoms with Crippen LogP contribution in [0.25, 0.3) is 0 Å². The maximum absolute atomic E-state index is 5.68. The van der Waals surface area contributed by atoms with Gasteiger partial charge in [-0.2, -0.15) is 0 Å². The summed E-state index contributed by atoms with van der Waals surface area (Å²) in [6.45, 7) is 5.15. The van der Waals surface area contributed by atoms with Crippen molar-refractivity contribution >= 4 is 0 Å². The zero-order chi connectivity index (χ0) is 8.32. The Balaban J connectivity index is 2.63. The van der Waals surface area contributed by atoms with Gasteiger partial charge in [0.1, 0.15) is 0 Å². The van der Waals surface area contributed by atoms with Crippen molar-refractivity contribution in [2.24, 2.45) is 11.1 Å². The Morgan fingerprint density at radius 3 is 2.64 bits per heavy atom. The highest BCUT2D eigenvalue weighted by Gasteiger charge is 2.17. The van der Waals surface area contributed by atoms with Crippen LogP contribution in [0.1, 0.15) is 26.7 Å². The van der Waals surface area contributed by atoms with Gasteiger partial charge in [-0.05, 0) is 23.8 Å². The minimum Gasteiger partial charge on any atom is -0.330 e. The summed E-state index contributed by atoms with van der Waals surface area (Å²) in [7, 11) is 0. The Kier molecular flexibility index (Phi) is 2.50. The summed E-state index contributed by atoms with van der Waals surface area (Å²) in [6.07, 6.45) is 8.92. The molecule has 0 fully saturated rings. The van der Waals surface area contributed by atoms with Crippen molar-refractivity contribution in [3.63, 3.8) is 0 Å². The molecule has 1 rings (SSSR count). The third-order valence-electron chi connectivity index (χ3n) is 2.49. The largest absolute Gasteiger partial charge is 0.330 e. The van der Waals surface area contributed by atoms with Crippen LogP contribution >= 0.6 is 0 Å². The number of allylic oxidation sites excluding steroid dienone is 3. The fourth-order valence-corrected chi connectivity index (χ4v) is 1.11. The van der Waals surface area contributed by atoms with Crippen molar-refractivity contribution < 1.29 is 0 Å². The molecule has 0 saturated carbocycles. The van der Waals surface area contributed by atoms with E-state index in [1.54, 1.807) is 0 Å². The molecule has 0 amide bonds. The van der Waals surface area contributed by atoms with Gasteiger partial charge in [-0.3, -0.25) is 0 Å². The van der Waals surface area contributed by atoms with Crippen molar-refractivity contribution in [3.05, 3.63) is 23.8 Å². The average Bonchev–Trinajstić information content (AvgIpc) is 1.97. The monoisotopic (exact) mass is 151 g/mol. The zero-order valence-corrected chi connectivity index (χ0v) is 7.43. The van der Waals surface area contributed by atoms with E-state index in [0.717, 1.165) is 19.4 Å². The molecule has 0 heterocycles. The van der Waals surface area contributed by atoms with Gasteiger partial charge in [-0.25, -0.2) is 0 Å². The van der Waals surface area contributed by atoms with Crippen molar-refractivity contribution in [1.29, 1.82) is 0 Å². The van der Waals surface area contributed by atoms with E-state index in [2.05, 4.69) is 32.1 Å². The third kappa shape index (κ3) is 1.93. The molecule has 1 aliphatic carbocycles. The summed E-state index contributed by atoms with van der Waals surface area (Å²) in [5, 5.41) is 0. The van der Waals surface area contributed by atoms with Gasteiger partial charge in [0.05, 0.1) is 0 Å².